The van der Waals surface area contributed by atoms with Crippen molar-refractivity contribution in [3.63, 3.8) is 0 Å². The molecule has 0 fully saturated rings. The van der Waals surface area contributed by atoms with Crippen LogP contribution in [0.25, 0.3) is 0 Å². The van der Waals surface area contributed by atoms with Crippen LogP contribution in [0, 0.1) is 0 Å². The molecule has 14 heavy (non-hydrogen) atoms. The van der Waals surface area contributed by atoms with E-state index in [1.54, 1.807) is 0 Å². The van der Waals surface area contributed by atoms with Crippen LogP contribution in [0.1, 0.15) is 0 Å². The molecular weight excluding hydrogens is 219 g/mol. The molecule has 0 saturated carbocycles. The summed E-state index contributed by atoms with van der Waals surface area (Å²) in [6.45, 7) is -2.04. The molecule has 0 amide bonds. The zero-order chi connectivity index (χ0) is 11.4. The highest BCUT2D eigenvalue weighted by Gasteiger charge is 2.23. The predicted octanol–water partition coefficient (Wildman–Crippen LogP) is -3.89. The molecule has 0 saturated heterocycles. The number of phosphoric acid groups is 1. The van der Waals surface area contributed by atoms with Gasteiger partial charge in [-0.05, 0) is 0 Å². The van der Waals surface area contributed by atoms with Gasteiger partial charge in [-0.15, -0.1) is 0 Å². The molecule has 8 nitrogen and oxygen atoms in total. The van der Waals surface area contributed by atoms with Crippen LogP contribution in [0.4, 0.5) is 0 Å². The summed E-state index contributed by atoms with van der Waals surface area (Å²) in [4.78, 5) is 30.4. The third-order valence-corrected chi connectivity index (χ3v) is 1.72. The molecule has 0 aliphatic heterocycles. The highest BCUT2D eigenvalue weighted by atomic mass is 31.2. The highest BCUT2D eigenvalue weighted by molar-refractivity contribution is 7.43. The molecule has 9 heteroatoms. The lowest BCUT2D eigenvalue weighted by atomic mass is 10.1. The molecule has 0 unspecified atom stereocenters. The van der Waals surface area contributed by atoms with E-state index in [9.17, 15) is 19.1 Å². The van der Waals surface area contributed by atoms with E-state index >= 15 is 0 Å². The summed E-state index contributed by atoms with van der Waals surface area (Å²) < 4.78 is 13.5. The summed E-state index contributed by atoms with van der Waals surface area (Å²) in [5, 5.41) is 26.0. The van der Waals surface area contributed by atoms with Crippen molar-refractivity contribution in [1.29, 1.82) is 0 Å². The van der Waals surface area contributed by atoms with Crippen molar-refractivity contribution in [2.24, 2.45) is 0 Å². The van der Waals surface area contributed by atoms with Gasteiger partial charge < -0.3 is 34.2 Å². The normalized spacial score (nSPS) is 16.4. The minimum atomic E-state index is -5.24. The fourth-order valence-electron chi connectivity index (χ4n) is 0.567. The Hall–Kier alpha value is -0.340. The van der Waals surface area contributed by atoms with Crippen LogP contribution in [0.3, 0.4) is 0 Å². The molecule has 0 aromatic carbocycles. The van der Waals surface area contributed by atoms with Crippen molar-refractivity contribution in [1.82, 2.24) is 0 Å². The van der Waals surface area contributed by atoms with Crippen molar-refractivity contribution < 1.29 is 39.0 Å². The smallest absolute Gasteiger partial charge is 0.189 e. The van der Waals surface area contributed by atoms with E-state index < -0.39 is 39.0 Å². The van der Waals surface area contributed by atoms with Crippen LogP contribution in [0.2, 0.25) is 0 Å². The molecule has 0 aliphatic rings. The second kappa shape index (κ2) is 5.52. The zero-order valence-corrected chi connectivity index (χ0v) is 7.79. The number of aliphatic hydroxyl groups excluding tert-OH is 3. The van der Waals surface area contributed by atoms with Crippen LogP contribution >= 0.6 is 7.82 Å². The highest BCUT2D eigenvalue weighted by Crippen LogP contribution is 2.24. The summed E-state index contributed by atoms with van der Waals surface area (Å²) in [5.41, 5.74) is 0. The predicted molar refractivity (Wildman–Crippen MR) is 37.7 cm³/mol. The van der Waals surface area contributed by atoms with E-state index in [1.165, 1.54) is 0 Å². The van der Waals surface area contributed by atoms with E-state index in [0.29, 0.717) is 0 Å². The molecule has 0 heterocycles. The van der Waals surface area contributed by atoms with Crippen molar-refractivity contribution in [3.8, 4) is 0 Å². The monoisotopic (exact) mass is 228 g/mol. The SMILES string of the molecule is O=C(CO)[C@H](O)[C@@H](O)COP(=O)([O-])[O-]. The first-order valence-electron chi connectivity index (χ1n) is 3.44. The summed E-state index contributed by atoms with van der Waals surface area (Å²) in [6, 6.07) is 0. The standard InChI is InChI=1S/C5H11O8P/c6-1-3(7)5(9)4(8)2-13-14(10,11)12/h4-6,8-9H,1-2H2,(H2,10,11,12)/p-2/t4-,5-/m0/s1. The largest absolute Gasteiger partial charge is 0.790 e. The van der Waals surface area contributed by atoms with Gasteiger partial charge in [0, 0.05) is 0 Å². The van der Waals surface area contributed by atoms with E-state index in [4.69, 9.17) is 15.3 Å². The van der Waals surface area contributed by atoms with Crippen LogP contribution in [0.15, 0.2) is 0 Å². The fraction of sp³-hybridized carbons (Fsp3) is 0.800. The van der Waals surface area contributed by atoms with Crippen molar-refractivity contribution >= 4 is 13.6 Å². The number of rotatable bonds is 6. The number of Topliss-reactive ketones (excluding diaryl/α,β-unsaturated/α-hetero) is 1. The number of carbonyl (C=O) groups excluding carboxylic acids is 1. The second-order valence-electron chi connectivity index (χ2n) is 2.38. The molecule has 0 radical (unpaired) electrons. The quantitative estimate of drug-likeness (QED) is 0.390. The average Bonchev–Trinajstić information content (AvgIpc) is 2.10. The number of aliphatic hydroxyl groups is 3. The van der Waals surface area contributed by atoms with E-state index in [1.807, 2.05) is 0 Å². The molecule has 3 N–H and O–H groups in total. The van der Waals surface area contributed by atoms with Crippen LogP contribution < -0.4 is 9.79 Å². The lowest BCUT2D eigenvalue weighted by Crippen LogP contribution is -2.39. The first-order chi connectivity index (χ1) is 6.28. The zero-order valence-electron chi connectivity index (χ0n) is 6.90. The van der Waals surface area contributed by atoms with Crippen molar-refractivity contribution in [2.45, 2.75) is 12.2 Å². The maximum absolute atomic E-state index is 10.5. The number of carbonyl (C=O) groups is 1. The molecule has 84 valence electrons. The Morgan fingerprint density at radius 2 is 1.93 bits per heavy atom. The van der Waals surface area contributed by atoms with Gasteiger partial charge in [-0.2, -0.15) is 0 Å². The number of hydrogen-bond donors (Lipinski definition) is 3. The van der Waals surface area contributed by atoms with Crippen LogP contribution in [0.5, 0.6) is 0 Å². The van der Waals surface area contributed by atoms with Gasteiger partial charge in [0.15, 0.2) is 5.78 Å². The molecule has 0 aromatic rings. The minimum Gasteiger partial charge on any atom is -0.790 e. The second-order valence-corrected chi connectivity index (χ2v) is 3.53. The third kappa shape index (κ3) is 5.40. The van der Waals surface area contributed by atoms with Gasteiger partial charge in [0.1, 0.15) is 18.8 Å². The van der Waals surface area contributed by atoms with Gasteiger partial charge >= 0.3 is 0 Å². The Balaban J connectivity index is 4.02. The molecule has 0 aromatic heterocycles. The summed E-state index contributed by atoms with van der Waals surface area (Å²) in [5.74, 6) is -1.10. The Labute approximate surface area is 79.0 Å². The van der Waals surface area contributed by atoms with Gasteiger partial charge in [-0.25, -0.2) is 0 Å². The molecule has 0 rings (SSSR count). The van der Waals surface area contributed by atoms with Gasteiger partial charge in [0.2, 0.25) is 0 Å². The summed E-state index contributed by atoms with van der Waals surface area (Å²) in [7, 11) is -5.24. The Kier molecular flexibility index (Phi) is 5.38. The van der Waals surface area contributed by atoms with E-state index in [2.05, 4.69) is 4.52 Å². The van der Waals surface area contributed by atoms with Gasteiger partial charge in [0.05, 0.1) is 14.4 Å². The number of phosphoric ester groups is 1. The van der Waals surface area contributed by atoms with Gasteiger partial charge in [0.25, 0.3) is 0 Å². The number of hydrogen-bond acceptors (Lipinski definition) is 8. The van der Waals surface area contributed by atoms with Gasteiger partial charge in [-0.3, -0.25) is 4.79 Å². The fourth-order valence-corrected chi connectivity index (χ4v) is 0.902. The topological polar surface area (TPSA) is 150 Å². The first kappa shape index (κ1) is 13.7. The Morgan fingerprint density at radius 1 is 1.43 bits per heavy atom. The van der Waals surface area contributed by atoms with Crippen molar-refractivity contribution in [2.75, 3.05) is 13.2 Å². The summed E-state index contributed by atoms with van der Waals surface area (Å²) in [6.07, 6.45) is -3.85. The first-order valence-corrected chi connectivity index (χ1v) is 4.90. The van der Waals surface area contributed by atoms with Crippen molar-refractivity contribution in [3.05, 3.63) is 0 Å². The van der Waals surface area contributed by atoms with Crippen LogP contribution in [-0.2, 0) is 13.9 Å². The lowest BCUT2D eigenvalue weighted by Gasteiger charge is -2.30. The van der Waals surface area contributed by atoms with E-state index in [-0.39, 0.29) is 0 Å². The third-order valence-electron chi connectivity index (χ3n) is 1.25. The van der Waals surface area contributed by atoms with E-state index in [0.717, 1.165) is 0 Å². The lowest BCUT2D eigenvalue weighted by molar-refractivity contribution is -0.343. The Morgan fingerprint density at radius 3 is 2.29 bits per heavy atom. The minimum absolute atomic E-state index is 1.01. The average molecular weight is 228 g/mol. The maximum Gasteiger partial charge on any atom is 0.189 e. The molecule has 0 aliphatic carbocycles. The molecule has 0 spiro atoms. The number of ketones is 1. The van der Waals surface area contributed by atoms with Gasteiger partial charge in [-0.1, -0.05) is 0 Å². The molecular formula is C5H9O8P-2. The Bertz CT molecular complexity index is 234. The van der Waals surface area contributed by atoms with Crippen LogP contribution in [-0.4, -0.2) is 46.5 Å². The molecule has 2 atom stereocenters. The maximum atomic E-state index is 10.5. The molecule has 0 bridgehead atoms. The summed E-state index contributed by atoms with van der Waals surface area (Å²) >= 11 is 0.